The van der Waals surface area contributed by atoms with Crippen LogP contribution in [0.3, 0.4) is 0 Å². The Morgan fingerprint density at radius 2 is 0.443 bits per heavy atom. The average molecular weight is 2090 g/mol. The van der Waals surface area contributed by atoms with Crippen LogP contribution < -0.4 is 126 Å². The number of nitrogens with one attached hydrogen (secondary N) is 9. The van der Waals surface area contributed by atoms with Crippen molar-refractivity contribution in [2.24, 2.45) is 43.3 Å². The van der Waals surface area contributed by atoms with Gasteiger partial charge >= 0.3 is 0 Å². The molecule has 32 heteroatoms. The first-order valence-electron chi connectivity index (χ1n) is 50.4. The van der Waals surface area contributed by atoms with E-state index in [0.29, 0.717) is 108 Å². The van der Waals surface area contributed by atoms with Gasteiger partial charge in [-0.05, 0) is 181 Å². The molecule has 0 saturated carbocycles. The Balaban J connectivity index is 0.000000800. The van der Waals surface area contributed by atoms with E-state index in [1.807, 2.05) is 91.9 Å². The molecule has 8 rings (SSSR count). The Labute approximate surface area is 884 Å². The zero-order chi connectivity index (χ0) is 108. The topological polar surface area (TPSA) is 268 Å². The van der Waals surface area contributed by atoms with E-state index in [1.54, 1.807) is 14.1 Å². The molecule has 0 saturated heterocycles. The van der Waals surface area contributed by atoms with Crippen molar-refractivity contribution in [1.82, 2.24) is 0 Å². The zero-order valence-electron chi connectivity index (χ0n) is 93.7. The van der Waals surface area contributed by atoms with Crippen LogP contribution >= 0.6 is 97.7 Å². The van der Waals surface area contributed by atoms with E-state index >= 15 is 0 Å². The summed E-state index contributed by atoms with van der Waals surface area (Å²) in [5.74, 6) is 0. The second-order valence-corrected chi connectivity index (χ2v) is 50.1. The van der Waals surface area contributed by atoms with Crippen LogP contribution in [0.15, 0.2) is 38.4 Å². The molecule has 0 unspecified atom stereocenters. The lowest BCUT2D eigenvalue weighted by Crippen LogP contribution is -2.32. The van der Waals surface area contributed by atoms with Gasteiger partial charge in [0, 0.05) is 156 Å². The van der Waals surface area contributed by atoms with Gasteiger partial charge in [-0.2, -0.15) is 0 Å². The Morgan fingerprint density at radius 1 is 0.214 bits per heavy atom. The Hall–Kier alpha value is -7.20. The van der Waals surface area contributed by atoms with Crippen LogP contribution in [0.2, 0.25) is 0 Å². The maximum absolute atomic E-state index is 11.8. The SMILES string of the molecule is CCN(C)c1c(NCCCC(C)(C)C)c(=S)c1=O.CCN(CC)c1c(NCCCC(C)(C)C)c(=S)c1=O.CCNc1c(N(C)CCCC(C)(C)C)c(=S)c1=O.CCNc1c(NCCCC(C)(C)C)c(=S)c1=O.CN(C)c1c(N(C)CCCC(C)(C)C)c(=S)c1=O.CN(C)c1c(NCCCC(C)(C)C)c(=S)c1=O.CNc1c(N(C)CCCC(C)(C)C)c(=S)c1=O.CNc1c(NCCCC(C)(C)C)c(=S)c1=O. The summed E-state index contributed by atoms with van der Waals surface area (Å²) in [6, 6.07) is 0. The summed E-state index contributed by atoms with van der Waals surface area (Å²) in [4.78, 5) is 107. The van der Waals surface area contributed by atoms with Gasteiger partial charge in [0.1, 0.15) is 81.6 Å². The summed E-state index contributed by atoms with van der Waals surface area (Å²) < 4.78 is 3.67. The molecule has 0 aliphatic heterocycles. The zero-order valence-corrected chi connectivity index (χ0v) is 100. The van der Waals surface area contributed by atoms with E-state index < -0.39 is 0 Å². The highest BCUT2D eigenvalue weighted by Crippen LogP contribution is 2.36. The van der Waals surface area contributed by atoms with Crippen LogP contribution in [0.5, 0.6) is 0 Å². The quantitative estimate of drug-likeness (QED) is 0.0127. The first-order chi connectivity index (χ1) is 64.3. The lowest BCUT2D eigenvalue weighted by atomic mass is 9.90. The molecule has 8 aromatic rings. The van der Waals surface area contributed by atoms with Crippen molar-refractivity contribution in [2.75, 3.05) is 238 Å². The van der Waals surface area contributed by atoms with Gasteiger partial charge in [0.2, 0.25) is 43.4 Å². The summed E-state index contributed by atoms with van der Waals surface area (Å²) in [6.45, 7) is 75.0. The molecule has 8 aromatic carbocycles. The summed E-state index contributed by atoms with van der Waals surface area (Å²) in [7, 11) is 19.0. The minimum atomic E-state index is -0.0455. The first-order valence-corrected chi connectivity index (χ1v) is 53.7. The lowest BCUT2D eigenvalue weighted by molar-refractivity contribution is 0.367. The maximum atomic E-state index is 11.8. The Morgan fingerprint density at radius 3 is 0.743 bits per heavy atom. The van der Waals surface area contributed by atoms with E-state index in [0.717, 1.165) is 231 Å². The molecule has 0 aliphatic rings. The third-order valence-corrected chi connectivity index (χ3v) is 26.7. The number of anilines is 16. The second kappa shape index (κ2) is 58.8. The smallest absolute Gasteiger partial charge is 0.224 e. The van der Waals surface area contributed by atoms with Crippen molar-refractivity contribution in [3.8, 4) is 0 Å². The normalized spacial score (nSPS) is 11.8. The van der Waals surface area contributed by atoms with Gasteiger partial charge in [0.15, 0.2) is 0 Å². The van der Waals surface area contributed by atoms with Crippen LogP contribution in [0.25, 0.3) is 0 Å². The van der Waals surface area contributed by atoms with Gasteiger partial charge in [0.05, 0.1) is 45.5 Å². The Bertz CT molecular complexity index is 5760. The number of hydrogen-bond acceptors (Lipinski definition) is 32. The predicted octanol–water partition coefficient (Wildman–Crippen LogP) is 25.6. The van der Waals surface area contributed by atoms with Crippen LogP contribution in [-0.2, 0) is 0 Å². The molecule has 0 heterocycles. The van der Waals surface area contributed by atoms with E-state index in [-0.39, 0.29) is 43.4 Å². The van der Waals surface area contributed by atoms with Crippen LogP contribution in [0.1, 0.15) is 304 Å². The fourth-order valence-corrected chi connectivity index (χ4v) is 17.8. The molecule has 0 radical (unpaired) electrons. The summed E-state index contributed by atoms with van der Waals surface area (Å²) >= 11 is 40.7. The molecule has 0 bridgehead atoms. The van der Waals surface area contributed by atoms with Crippen molar-refractivity contribution in [2.45, 2.75) is 304 Å². The highest BCUT2D eigenvalue weighted by molar-refractivity contribution is 7.73. The molecule has 0 spiro atoms. The number of hydrogen-bond donors (Lipinski definition) is 9. The van der Waals surface area contributed by atoms with E-state index in [1.165, 1.54) is 19.3 Å². The van der Waals surface area contributed by atoms with Crippen molar-refractivity contribution in [1.29, 1.82) is 0 Å². The summed E-state index contributed by atoms with van der Waals surface area (Å²) in [5, 5.41) is 28.4. The third kappa shape index (κ3) is 43.2. The van der Waals surface area contributed by atoms with Crippen LogP contribution in [0, 0.1) is 79.4 Å². The van der Waals surface area contributed by atoms with E-state index in [9.17, 15) is 38.4 Å². The molecule has 0 atom stereocenters. The van der Waals surface area contributed by atoms with Gasteiger partial charge < -0.3 is 82.2 Å². The minimum Gasteiger partial charge on any atom is -0.383 e. The van der Waals surface area contributed by atoms with Crippen molar-refractivity contribution < 1.29 is 0 Å². The van der Waals surface area contributed by atoms with Gasteiger partial charge in [-0.3, -0.25) is 38.4 Å². The molecule has 0 fully saturated rings. The lowest BCUT2D eigenvalue weighted by Gasteiger charge is -2.28. The second-order valence-electron chi connectivity index (χ2n) is 46.8. The Kier molecular flexibility index (Phi) is 55.0. The number of rotatable bonds is 45. The largest absolute Gasteiger partial charge is 0.383 e. The standard InChI is InChI=1S/C15H26N2OS.3C14H24N2OS.3C13H22N2OS.C12H20N2OS/c1-6-17(7-2)12-11(14(19)13(12)18)16-10-8-9-15(3,4)5;1-14(2,3)8-7-9-16(6)11-10(15(4)5)12(17)13(11)18;1-6-16(5)11-10(13(18)12(11)17)15-9-7-8-14(2,3)4;1-6-15-10-11(13(18)12(10)17)16(5)9-7-8-14(2,3)4;1-13(2,3)7-6-8-14-9-10(15(4)5)11(16)12(9)17;1-13(2,3)7-6-8-15(5)10-9(14-4)11(16)12(10)17;1-5-14-9-10(12(17)11(9)16)15-8-6-7-13(2,3)4;1-12(2,3)6-5-7-14-9-8(13-4)10(15)11(9)16/h16H,6-10H2,1-5H3;7-9H2,1-6H3;2*15H,6-9H2,1-5H3;2*14H,6-8H2,1-5H3;14-15H,5-8H2,1-4H3;13-14H,5-7H2,1-4H3. The highest BCUT2D eigenvalue weighted by atomic mass is 32.1. The van der Waals surface area contributed by atoms with E-state index in [4.69, 9.17) is 97.7 Å². The van der Waals surface area contributed by atoms with Crippen LogP contribution in [0.4, 0.5) is 91.0 Å². The molecule has 792 valence electrons. The number of nitrogens with zero attached hydrogens (tertiary/aromatic N) is 7. The molecule has 0 aromatic heterocycles. The predicted molar refractivity (Wildman–Crippen MR) is 638 cm³/mol. The molecule has 24 nitrogen and oxygen atoms in total. The molecule has 0 aliphatic carbocycles. The summed E-state index contributed by atoms with van der Waals surface area (Å²) in [6.07, 6.45) is 18.1. The monoisotopic (exact) mass is 2090 g/mol. The maximum Gasteiger partial charge on any atom is 0.224 e. The van der Waals surface area contributed by atoms with Gasteiger partial charge in [-0.15, -0.1) is 0 Å². The van der Waals surface area contributed by atoms with Crippen molar-refractivity contribution >= 4 is 189 Å². The molecular weight excluding hydrogens is 1910 g/mol. The average Bonchev–Trinajstić information content (AvgIpc) is 0.748. The minimum absolute atomic E-state index is 0.00710. The molecule has 140 heavy (non-hydrogen) atoms. The fourth-order valence-electron chi connectivity index (χ4n) is 15.4. The summed E-state index contributed by atoms with van der Waals surface area (Å²) in [5.41, 5.74) is 15.4. The van der Waals surface area contributed by atoms with Gasteiger partial charge in [-0.1, -0.05) is 264 Å². The fraction of sp³-hybridized carbons (Fsp3) is 0.704. The molecule has 0 amide bonds. The molecule has 9 N–H and O–H groups in total. The third-order valence-electron chi connectivity index (χ3n) is 23.6. The van der Waals surface area contributed by atoms with Crippen LogP contribution in [-0.4, -0.2) is 156 Å². The van der Waals surface area contributed by atoms with Crippen molar-refractivity contribution in [3.63, 3.8) is 0 Å². The molecular formula is C108H184N16O8S8. The van der Waals surface area contributed by atoms with Gasteiger partial charge in [-0.25, -0.2) is 0 Å². The van der Waals surface area contributed by atoms with E-state index in [2.05, 4.69) is 247 Å². The first kappa shape index (κ1) is 131. The van der Waals surface area contributed by atoms with Gasteiger partial charge in [0.25, 0.3) is 0 Å². The highest BCUT2D eigenvalue weighted by Gasteiger charge is 2.29. The van der Waals surface area contributed by atoms with Crippen molar-refractivity contribution in [3.05, 3.63) is 118 Å².